The van der Waals surface area contributed by atoms with Gasteiger partial charge in [0, 0.05) is 19.1 Å². The van der Waals surface area contributed by atoms with E-state index >= 15 is 0 Å². The molecule has 138 valence electrons. The van der Waals surface area contributed by atoms with E-state index in [9.17, 15) is 24.8 Å². The van der Waals surface area contributed by atoms with Gasteiger partial charge in [-0.15, -0.1) is 0 Å². The van der Waals surface area contributed by atoms with Crippen LogP contribution in [0.5, 0.6) is 5.75 Å². The van der Waals surface area contributed by atoms with Crippen molar-refractivity contribution in [2.24, 2.45) is 0 Å². The molecule has 8 heteroatoms. The molecule has 2 N–H and O–H groups in total. The van der Waals surface area contributed by atoms with Crippen molar-refractivity contribution in [2.45, 2.75) is 59.0 Å². The minimum Gasteiger partial charge on any atom is -0.484 e. The summed E-state index contributed by atoms with van der Waals surface area (Å²) in [6.07, 6.45) is 4.68. The summed E-state index contributed by atoms with van der Waals surface area (Å²) >= 11 is 0. The van der Waals surface area contributed by atoms with Gasteiger partial charge in [0.25, 0.3) is 0 Å². The van der Waals surface area contributed by atoms with Gasteiger partial charge in [0.05, 0.1) is 22.3 Å². The van der Waals surface area contributed by atoms with Gasteiger partial charge in [-0.05, 0) is 19.8 Å². The largest absolute Gasteiger partial charge is 0.484 e. The lowest BCUT2D eigenvalue weighted by Gasteiger charge is -2.16. The monoisotopic (exact) mass is 352 g/mol. The lowest BCUT2D eigenvalue weighted by Crippen LogP contribution is -2.15. The van der Waals surface area contributed by atoms with E-state index in [-0.39, 0.29) is 23.1 Å². The Labute approximate surface area is 146 Å². The Morgan fingerprint density at radius 1 is 1.32 bits per heavy atom. The maximum Gasteiger partial charge on any atom is 0.338 e. The lowest BCUT2D eigenvalue weighted by molar-refractivity contribution is -0.386. The van der Waals surface area contributed by atoms with Crippen molar-refractivity contribution in [3.8, 4) is 5.75 Å². The summed E-state index contributed by atoms with van der Waals surface area (Å²) in [6.45, 7) is 5.14. The van der Waals surface area contributed by atoms with E-state index in [1.54, 1.807) is 6.92 Å². The topological polar surface area (TPSA) is 119 Å². The number of rotatable bonds is 10. The van der Waals surface area contributed by atoms with Crippen molar-refractivity contribution >= 4 is 23.3 Å². The second-order valence-corrected chi connectivity index (χ2v) is 5.89. The highest BCUT2D eigenvalue weighted by Crippen LogP contribution is 2.34. The summed E-state index contributed by atoms with van der Waals surface area (Å²) in [5, 5.41) is 22.8. The Morgan fingerprint density at radius 2 is 2.00 bits per heavy atom. The minimum absolute atomic E-state index is 0.0289. The van der Waals surface area contributed by atoms with Gasteiger partial charge in [-0.3, -0.25) is 14.9 Å². The van der Waals surface area contributed by atoms with E-state index in [4.69, 9.17) is 4.74 Å². The Morgan fingerprint density at radius 3 is 2.52 bits per heavy atom. The van der Waals surface area contributed by atoms with Crippen LogP contribution in [0.25, 0.3) is 0 Å². The molecule has 0 fully saturated rings. The Balaban J connectivity index is 3.08. The first-order valence-electron chi connectivity index (χ1n) is 8.26. The predicted octanol–water partition coefficient (Wildman–Crippen LogP) is 3.99. The van der Waals surface area contributed by atoms with E-state index in [1.165, 1.54) is 13.0 Å². The summed E-state index contributed by atoms with van der Waals surface area (Å²) in [7, 11) is 0. The number of hydrogen-bond acceptors (Lipinski definition) is 5. The number of nitro benzene ring substituents is 1. The second kappa shape index (κ2) is 9.61. The number of carbonyl (C=O) groups excluding carboxylic acids is 1. The van der Waals surface area contributed by atoms with Gasteiger partial charge in [0.15, 0.2) is 5.75 Å². The molecule has 0 aromatic heterocycles. The molecule has 0 aliphatic heterocycles. The van der Waals surface area contributed by atoms with E-state index in [1.807, 2.05) is 0 Å². The van der Waals surface area contributed by atoms with Crippen LogP contribution in [0.2, 0.25) is 0 Å². The molecule has 1 amide bonds. The molecule has 1 rings (SSSR count). The summed E-state index contributed by atoms with van der Waals surface area (Å²) in [6, 6.07) is 2.11. The van der Waals surface area contributed by atoms with Crippen molar-refractivity contribution < 1.29 is 24.4 Å². The van der Waals surface area contributed by atoms with Crippen LogP contribution in [0.15, 0.2) is 12.1 Å². The average Bonchev–Trinajstić information content (AvgIpc) is 2.50. The van der Waals surface area contributed by atoms with Crippen LogP contribution in [-0.2, 0) is 4.79 Å². The third kappa shape index (κ3) is 6.40. The molecule has 0 heterocycles. The number of amides is 1. The molecule has 0 aliphatic rings. The highest BCUT2D eigenvalue weighted by atomic mass is 16.6. The number of carboxylic acid groups (broad SMARTS) is 1. The molecule has 0 radical (unpaired) electrons. The first-order chi connectivity index (χ1) is 11.8. The number of ether oxygens (including phenoxy) is 1. The first-order valence-corrected chi connectivity index (χ1v) is 8.26. The number of hydrogen-bond donors (Lipinski definition) is 2. The van der Waals surface area contributed by atoms with Crippen molar-refractivity contribution in [3.63, 3.8) is 0 Å². The molecule has 1 aromatic rings. The predicted molar refractivity (Wildman–Crippen MR) is 93.2 cm³/mol. The zero-order valence-electron chi connectivity index (χ0n) is 14.7. The van der Waals surface area contributed by atoms with Crippen LogP contribution >= 0.6 is 0 Å². The molecule has 0 saturated carbocycles. The van der Waals surface area contributed by atoms with E-state index in [0.29, 0.717) is 0 Å². The van der Waals surface area contributed by atoms with E-state index in [2.05, 4.69) is 12.2 Å². The van der Waals surface area contributed by atoms with Gasteiger partial charge >= 0.3 is 11.7 Å². The number of benzene rings is 1. The maximum atomic E-state index is 11.3. The summed E-state index contributed by atoms with van der Waals surface area (Å²) in [5.41, 5.74) is -0.824. The maximum absolute atomic E-state index is 11.3. The fourth-order valence-corrected chi connectivity index (χ4v) is 2.41. The van der Waals surface area contributed by atoms with Gasteiger partial charge in [0.1, 0.15) is 0 Å². The standard InChI is InChI=1S/C17H24N2O6/c1-4-5-6-7-8-11(2)25-16-10-14(18-12(3)20)13(17(21)22)9-15(16)19(23)24/h9-11H,4-8H2,1-3H3,(H,18,20)(H,21,22). The first kappa shape index (κ1) is 20.4. The van der Waals surface area contributed by atoms with E-state index in [0.717, 1.165) is 38.2 Å². The number of unbranched alkanes of at least 4 members (excludes halogenated alkanes) is 3. The van der Waals surface area contributed by atoms with Gasteiger partial charge < -0.3 is 15.2 Å². The van der Waals surface area contributed by atoms with Gasteiger partial charge in [0.2, 0.25) is 5.91 Å². The fourth-order valence-electron chi connectivity index (χ4n) is 2.41. The summed E-state index contributed by atoms with van der Waals surface area (Å²) in [4.78, 5) is 33.1. The minimum atomic E-state index is -1.37. The van der Waals surface area contributed by atoms with Crippen molar-refractivity contribution in [2.75, 3.05) is 5.32 Å². The van der Waals surface area contributed by atoms with Gasteiger partial charge in [-0.2, -0.15) is 0 Å². The number of nitrogens with zero attached hydrogens (tertiary/aromatic N) is 1. The lowest BCUT2D eigenvalue weighted by atomic mass is 10.1. The Bertz CT molecular complexity index is 644. The number of nitrogens with one attached hydrogen (secondary N) is 1. The van der Waals surface area contributed by atoms with Crippen molar-refractivity contribution in [1.29, 1.82) is 0 Å². The highest BCUT2D eigenvalue weighted by molar-refractivity contribution is 6.01. The number of anilines is 1. The number of carboxylic acids is 1. The molecule has 1 aromatic carbocycles. The molecule has 0 spiro atoms. The van der Waals surface area contributed by atoms with Crippen LogP contribution in [0.4, 0.5) is 11.4 Å². The third-order valence-corrected chi connectivity index (χ3v) is 3.63. The van der Waals surface area contributed by atoms with Crippen LogP contribution in [-0.4, -0.2) is 28.0 Å². The molecular formula is C17H24N2O6. The van der Waals surface area contributed by atoms with Crippen LogP contribution in [0.3, 0.4) is 0 Å². The third-order valence-electron chi connectivity index (χ3n) is 3.63. The highest BCUT2D eigenvalue weighted by Gasteiger charge is 2.24. The normalized spacial score (nSPS) is 11.6. The van der Waals surface area contributed by atoms with Crippen LogP contribution in [0.1, 0.15) is 63.2 Å². The van der Waals surface area contributed by atoms with Crippen molar-refractivity contribution in [1.82, 2.24) is 0 Å². The second-order valence-electron chi connectivity index (χ2n) is 5.89. The summed E-state index contributed by atoms with van der Waals surface area (Å²) < 4.78 is 5.66. The molecule has 1 unspecified atom stereocenters. The van der Waals surface area contributed by atoms with Gasteiger partial charge in [-0.25, -0.2) is 4.79 Å². The molecule has 8 nitrogen and oxygen atoms in total. The smallest absolute Gasteiger partial charge is 0.338 e. The fraction of sp³-hybridized carbons (Fsp3) is 0.529. The molecular weight excluding hydrogens is 328 g/mol. The molecule has 0 aliphatic carbocycles. The Hall–Kier alpha value is -2.64. The average molecular weight is 352 g/mol. The zero-order valence-corrected chi connectivity index (χ0v) is 14.7. The molecule has 0 bridgehead atoms. The van der Waals surface area contributed by atoms with Crippen LogP contribution < -0.4 is 10.1 Å². The zero-order chi connectivity index (χ0) is 19.0. The molecule has 1 atom stereocenters. The molecule has 25 heavy (non-hydrogen) atoms. The number of aromatic carboxylic acids is 1. The summed E-state index contributed by atoms with van der Waals surface area (Å²) in [5.74, 6) is -1.90. The Kier molecular flexibility index (Phi) is 7.84. The van der Waals surface area contributed by atoms with Crippen molar-refractivity contribution in [3.05, 3.63) is 27.8 Å². The van der Waals surface area contributed by atoms with Crippen LogP contribution in [0, 0.1) is 10.1 Å². The quantitative estimate of drug-likeness (QED) is 0.373. The molecule has 0 saturated heterocycles. The number of carbonyl (C=O) groups is 2. The van der Waals surface area contributed by atoms with Gasteiger partial charge in [-0.1, -0.05) is 26.2 Å². The SMILES string of the molecule is CCCCCCC(C)Oc1cc(NC(C)=O)c(C(=O)O)cc1[N+](=O)[O-]. The number of nitro groups is 1. The van der Waals surface area contributed by atoms with E-state index < -0.39 is 22.5 Å².